The lowest BCUT2D eigenvalue weighted by atomic mass is 10.1. The molecule has 0 aromatic carbocycles. The number of ether oxygens (including phenoxy) is 1. The lowest BCUT2D eigenvalue weighted by Crippen LogP contribution is -2.42. The number of aryl methyl sites for hydroxylation is 1. The maximum atomic E-state index is 11.2. The Balaban J connectivity index is 1.94. The van der Waals surface area contributed by atoms with Crippen molar-refractivity contribution in [1.82, 2.24) is 14.8 Å². The second-order valence-electron chi connectivity index (χ2n) is 6.01. The average molecular weight is 337 g/mol. The van der Waals surface area contributed by atoms with Gasteiger partial charge in [-0.25, -0.2) is 0 Å². The van der Waals surface area contributed by atoms with Gasteiger partial charge >= 0.3 is 5.97 Å². The summed E-state index contributed by atoms with van der Waals surface area (Å²) in [5, 5.41) is 4.11. The summed E-state index contributed by atoms with van der Waals surface area (Å²) in [6, 6.07) is 4.60. The van der Waals surface area contributed by atoms with Gasteiger partial charge in [-0.3, -0.25) is 4.79 Å². The first-order valence-corrected chi connectivity index (χ1v) is 8.77. The zero-order chi connectivity index (χ0) is 16.7. The first-order valence-electron chi connectivity index (χ1n) is 8.36. The third-order valence-electron chi connectivity index (χ3n) is 4.40. The van der Waals surface area contributed by atoms with Crippen LogP contribution in [-0.2, 0) is 16.6 Å². The molecule has 1 saturated heterocycles. The number of carbonyl (C=O) groups excluding carboxylic acids is 1. The zero-order valence-corrected chi connectivity index (χ0v) is 14.9. The van der Waals surface area contributed by atoms with E-state index in [0.29, 0.717) is 19.0 Å². The maximum absolute atomic E-state index is 11.2. The second kappa shape index (κ2) is 8.91. The minimum atomic E-state index is -0.172. The Bertz CT molecular complexity index is 530. The highest BCUT2D eigenvalue weighted by Crippen LogP contribution is 2.30. The van der Waals surface area contributed by atoms with E-state index in [1.54, 1.807) is 0 Å². The molecule has 6 heteroatoms. The molecule has 0 unspecified atom stereocenters. The van der Waals surface area contributed by atoms with Gasteiger partial charge in [0.25, 0.3) is 0 Å². The Morgan fingerprint density at radius 2 is 2.26 bits per heavy atom. The van der Waals surface area contributed by atoms with Gasteiger partial charge in [-0.15, -0.1) is 0 Å². The van der Waals surface area contributed by atoms with Gasteiger partial charge in [0.1, 0.15) is 0 Å². The smallest absolute Gasteiger partial charge is 0.305 e. The van der Waals surface area contributed by atoms with Crippen LogP contribution in [0.2, 0.25) is 0 Å². The predicted molar refractivity (Wildman–Crippen MR) is 95.2 cm³/mol. The fourth-order valence-electron chi connectivity index (χ4n) is 3.11. The van der Waals surface area contributed by atoms with Crippen LogP contribution in [0.5, 0.6) is 0 Å². The third kappa shape index (κ3) is 4.96. The van der Waals surface area contributed by atoms with Gasteiger partial charge in [0.05, 0.1) is 13.2 Å². The molecule has 128 valence electrons. The fourth-order valence-corrected chi connectivity index (χ4v) is 3.43. The number of rotatable bonds is 5. The van der Waals surface area contributed by atoms with E-state index in [1.807, 2.05) is 0 Å². The van der Waals surface area contributed by atoms with E-state index >= 15 is 0 Å². The molecule has 1 N–H and O–H groups in total. The molecule has 1 aromatic rings. The number of aromatic nitrogens is 1. The van der Waals surface area contributed by atoms with Crippen LogP contribution in [-0.4, -0.2) is 40.7 Å². The molecule has 0 spiro atoms. The molecular weight excluding hydrogens is 310 g/mol. The number of thiocarbonyl (C=S) groups is 1. The van der Waals surface area contributed by atoms with Gasteiger partial charge < -0.3 is 19.5 Å². The van der Waals surface area contributed by atoms with Crippen molar-refractivity contribution >= 4 is 23.3 Å². The quantitative estimate of drug-likeness (QED) is 0.508. The van der Waals surface area contributed by atoms with Crippen molar-refractivity contribution in [3.8, 4) is 0 Å². The van der Waals surface area contributed by atoms with E-state index in [1.165, 1.54) is 32.1 Å². The van der Waals surface area contributed by atoms with Crippen LogP contribution in [0.3, 0.4) is 0 Å². The molecule has 0 radical (unpaired) electrons. The Kier molecular flexibility index (Phi) is 6.89. The minimum Gasteiger partial charge on any atom is -0.469 e. The fraction of sp³-hybridized carbons (Fsp3) is 0.647. The lowest BCUT2D eigenvalue weighted by molar-refractivity contribution is -0.140. The molecule has 5 nitrogen and oxygen atoms in total. The van der Waals surface area contributed by atoms with Crippen LogP contribution in [0.4, 0.5) is 0 Å². The topological polar surface area (TPSA) is 46.5 Å². The van der Waals surface area contributed by atoms with E-state index < -0.39 is 0 Å². The normalized spacial score (nSPS) is 18.3. The molecule has 0 amide bonds. The highest BCUT2D eigenvalue weighted by molar-refractivity contribution is 7.80. The van der Waals surface area contributed by atoms with Gasteiger partial charge in [0.15, 0.2) is 5.11 Å². The molecule has 2 rings (SSSR count). The van der Waals surface area contributed by atoms with Crippen LogP contribution in [0.25, 0.3) is 0 Å². The number of hydrogen-bond donors (Lipinski definition) is 1. The van der Waals surface area contributed by atoms with Crippen molar-refractivity contribution in [2.24, 2.45) is 7.05 Å². The van der Waals surface area contributed by atoms with Crippen molar-refractivity contribution in [2.45, 2.75) is 44.6 Å². The first kappa shape index (κ1) is 17.8. The highest BCUT2D eigenvalue weighted by Gasteiger charge is 2.26. The van der Waals surface area contributed by atoms with Gasteiger partial charge in [-0.05, 0) is 43.6 Å². The van der Waals surface area contributed by atoms with Gasteiger partial charge in [0, 0.05) is 38.4 Å². The Morgan fingerprint density at radius 3 is 2.96 bits per heavy atom. The van der Waals surface area contributed by atoms with Crippen molar-refractivity contribution in [3.05, 3.63) is 24.0 Å². The van der Waals surface area contributed by atoms with Crippen LogP contribution < -0.4 is 5.32 Å². The molecule has 0 aliphatic carbocycles. The van der Waals surface area contributed by atoms with Crippen molar-refractivity contribution in [2.75, 3.05) is 20.2 Å². The van der Waals surface area contributed by atoms with Gasteiger partial charge in [-0.1, -0.05) is 12.8 Å². The SMILES string of the molecule is COC(=O)CCCNC(=S)N1CCCCC[C@H]1c1cccn1C. The summed E-state index contributed by atoms with van der Waals surface area (Å²) in [6.45, 7) is 1.68. The zero-order valence-electron chi connectivity index (χ0n) is 14.1. The molecule has 1 aliphatic heterocycles. The van der Waals surface area contributed by atoms with Gasteiger partial charge in [-0.2, -0.15) is 0 Å². The van der Waals surface area contributed by atoms with E-state index in [4.69, 9.17) is 12.2 Å². The van der Waals surface area contributed by atoms with Crippen molar-refractivity contribution in [3.63, 3.8) is 0 Å². The number of carbonyl (C=O) groups is 1. The summed E-state index contributed by atoms with van der Waals surface area (Å²) in [4.78, 5) is 13.5. The molecular formula is C17H27N3O2S. The summed E-state index contributed by atoms with van der Waals surface area (Å²) < 4.78 is 6.84. The van der Waals surface area contributed by atoms with Crippen LogP contribution in [0, 0.1) is 0 Å². The monoisotopic (exact) mass is 337 g/mol. The maximum Gasteiger partial charge on any atom is 0.305 e. The van der Waals surface area contributed by atoms with E-state index in [-0.39, 0.29) is 5.97 Å². The van der Waals surface area contributed by atoms with Crippen LogP contribution in [0.1, 0.15) is 50.3 Å². The number of likely N-dealkylation sites (tertiary alicyclic amines) is 1. The summed E-state index contributed by atoms with van der Waals surface area (Å²) in [6.07, 6.45) is 8.03. The largest absolute Gasteiger partial charge is 0.469 e. The Morgan fingerprint density at radius 1 is 1.43 bits per heavy atom. The van der Waals surface area contributed by atoms with Crippen molar-refractivity contribution < 1.29 is 9.53 Å². The van der Waals surface area contributed by atoms with Crippen LogP contribution >= 0.6 is 12.2 Å². The van der Waals surface area contributed by atoms with E-state index in [2.05, 4.69) is 44.9 Å². The Hall–Kier alpha value is -1.56. The van der Waals surface area contributed by atoms with Gasteiger partial charge in [0.2, 0.25) is 0 Å². The van der Waals surface area contributed by atoms with E-state index in [9.17, 15) is 4.79 Å². The summed E-state index contributed by atoms with van der Waals surface area (Å²) >= 11 is 5.63. The minimum absolute atomic E-state index is 0.172. The van der Waals surface area contributed by atoms with E-state index in [0.717, 1.165) is 24.5 Å². The summed E-state index contributed by atoms with van der Waals surface area (Å²) in [5.41, 5.74) is 1.31. The second-order valence-corrected chi connectivity index (χ2v) is 6.40. The molecule has 2 heterocycles. The number of esters is 1. The summed E-state index contributed by atoms with van der Waals surface area (Å²) in [7, 11) is 3.51. The molecule has 1 atom stereocenters. The molecule has 23 heavy (non-hydrogen) atoms. The molecule has 0 saturated carbocycles. The summed E-state index contributed by atoms with van der Waals surface area (Å²) in [5.74, 6) is -0.172. The van der Waals surface area contributed by atoms with Crippen molar-refractivity contribution in [1.29, 1.82) is 0 Å². The first-order chi connectivity index (χ1) is 11.1. The highest BCUT2D eigenvalue weighted by atomic mass is 32.1. The number of nitrogens with zero attached hydrogens (tertiary/aromatic N) is 2. The van der Waals surface area contributed by atoms with Crippen LogP contribution in [0.15, 0.2) is 18.3 Å². The predicted octanol–water partition coefficient (Wildman–Crippen LogP) is 2.77. The number of hydrogen-bond acceptors (Lipinski definition) is 3. The number of methoxy groups -OCH3 is 1. The molecule has 1 aromatic heterocycles. The molecule has 1 fully saturated rings. The average Bonchev–Trinajstić information content (AvgIpc) is 2.83. The molecule has 1 aliphatic rings. The lowest BCUT2D eigenvalue weighted by Gasteiger charge is -2.33. The standard InChI is InChI=1S/C17H27N3O2S/c1-19-12-7-9-14(19)15-8-4-3-5-13-20(15)17(23)18-11-6-10-16(21)22-2/h7,9,12,15H,3-6,8,10-11,13H2,1-2H3,(H,18,23)/t15-/m0/s1. The molecule has 0 bridgehead atoms. The third-order valence-corrected chi connectivity index (χ3v) is 4.78. The Labute approximate surface area is 144 Å². The number of nitrogens with one attached hydrogen (secondary N) is 1.